The standard InChI is InChI=1S/C16H25FN2O2/c1-5-13(6-2)19-16(20)11(4)21-15-9-12(17)7-8-14(15)10(3)18/h7-11,13H,5-6,18H2,1-4H3,(H,19,20)/t10-,11?/m0/s1. The van der Waals surface area contributed by atoms with Gasteiger partial charge in [0.15, 0.2) is 6.10 Å². The lowest BCUT2D eigenvalue weighted by molar-refractivity contribution is -0.128. The molecule has 1 amide bonds. The summed E-state index contributed by atoms with van der Waals surface area (Å²) >= 11 is 0. The maximum absolute atomic E-state index is 13.4. The van der Waals surface area contributed by atoms with Gasteiger partial charge in [0.25, 0.3) is 5.91 Å². The van der Waals surface area contributed by atoms with Crippen LogP contribution in [0.3, 0.4) is 0 Å². The third kappa shape index (κ3) is 5.01. The van der Waals surface area contributed by atoms with Gasteiger partial charge in [-0.15, -0.1) is 0 Å². The molecule has 4 nitrogen and oxygen atoms in total. The van der Waals surface area contributed by atoms with Crippen molar-refractivity contribution in [3.8, 4) is 5.75 Å². The van der Waals surface area contributed by atoms with E-state index in [1.165, 1.54) is 12.1 Å². The van der Waals surface area contributed by atoms with E-state index in [0.717, 1.165) is 12.8 Å². The molecule has 21 heavy (non-hydrogen) atoms. The Morgan fingerprint density at radius 1 is 1.33 bits per heavy atom. The Morgan fingerprint density at radius 2 is 1.95 bits per heavy atom. The molecule has 1 aromatic rings. The number of carbonyl (C=O) groups excluding carboxylic acids is 1. The van der Waals surface area contributed by atoms with Gasteiger partial charge in [-0.1, -0.05) is 19.9 Å². The van der Waals surface area contributed by atoms with Crippen molar-refractivity contribution in [1.82, 2.24) is 5.32 Å². The van der Waals surface area contributed by atoms with Crippen LogP contribution in [0.2, 0.25) is 0 Å². The van der Waals surface area contributed by atoms with E-state index in [2.05, 4.69) is 5.32 Å². The second-order valence-corrected chi connectivity index (χ2v) is 5.25. The molecule has 0 bridgehead atoms. The topological polar surface area (TPSA) is 64.3 Å². The van der Waals surface area contributed by atoms with Crippen molar-refractivity contribution >= 4 is 5.91 Å². The molecular weight excluding hydrogens is 271 g/mol. The molecule has 0 aliphatic rings. The number of nitrogens with two attached hydrogens (primary N) is 1. The SMILES string of the molecule is CCC(CC)NC(=O)C(C)Oc1cc(F)ccc1[C@H](C)N. The lowest BCUT2D eigenvalue weighted by Crippen LogP contribution is -2.42. The first kappa shape index (κ1) is 17.4. The number of carbonyl (C=O) groups is 1. The Kier molecular flexibility index (Phi) is 6.62. The fourth-order valence-electron chi connectivity index (χ4n) is 2.04. The molecule has 1 rings (SSSR count). The maximum Gasteiger partial charge on any atom is 0.260 e. The van der Waals surface area contributed by atoms with Crippen LogP contribution in [-0.4, -0.2) is 18.1 Å². The molecule has 0 saturated carbocycles. The van der Waals surface area contributed by atoms with Crippen molar-refractivity contribution in [2.45, 2.75) is 58.7 Å². The molecule has 1 aromatic carbocycles. The van der Waals surface area contributed by atoms with Crippen LogP contribution < -0.4 is 15.8 Å². The van der Waals surface area contributed by atoms with Gasteiger partial charge in [-0.05, 0) is 32.8 Å². The first-order valence-electron chi connectivity index (χ1n) is 7.41. The predicted molar refractivity (Wildman–Crippen MR) is 81.6 cm³/mol. The average Bonchev–Trinajstić information content (AvgIpc) is 2.44. The summed E-state index contributed by atoms with van der Waals surface area (Å²) in [5, 5.41) is 2.91. The minimum Gasteiger partial charge on any atom is -0.480 e. The number of halogens is 1. The summed E-state index contributed by atoms with van der Waals surface area (Å²) < 4.78 is 19.0. The summed E-state index contributed by atoms with van der Waals surface area (Å²) in [6.45, 7) is 7.46. The summed E-state index contributed by atoms with van der Waals surface area (Å²) in [4.78, 5) is 12.1. The molecule has 0 heterocycles. The molecule has 118 valence electrons. The van der Waals surface area contributed by atoms with Gasteiger partial charge in [0.05, 0.1) is 0 Å². The van der Waals surface area contributed by atoms with Crippen molar-refractivity contribution in [2.75, 3.05) is 0 Å². The molecule has 0 spiro atoms. The molecule has 0 fully saturated rings. The van der Waals surface area contributed by atoms with E-state index in [1.807, 2.05) is 13.8 Å². The molecular formula is C16H25FN2O2. The Hall–Kier alpha value is -1.62. The Balaban J connectivity index is 2.80. The number of ether oxygens (including phenoxy) is 1. The Bertz CT molecular complexity index is 473. The van der Waals surface area contributed by atoms with Gasteiger partial charge < -0.3 is 15.8 Å². The monoisotopic (exact) mass is 296 g/mol. The highest BCUT2D eigenvalue weighted by molar-refractivity contribution is 5.81. The zero-order valence-electron chi connectivity index (χ0n) is 13.2. The third-order valence-corrected chi connectivity index (χ3v) is 3.47. The maximum atomic E-state index is 13.4. The first-order valence-corrected chi connectivity index (χ1v) is 7.41. The van der Waals surface area contributed by atoms with E-state index < -0.39 is 11.9 Å². The molecule has 0 aliphatic carbocycles. The second kappa shape index (κ2) is 7.98. The fourth-order valence-corrected chi connectivity index (χ4v) is 2.04. The van der Waals surface area contributed by atoms with E-state index in [0.29, 0.717) is 11.3 Å². The number of hydrogen-bond acceptors (Lipinski definition) is 3. The molecule has 0 aromatic heterocycles. The van der Waals surface area contributed by atoms with E-state index in [4.69, 9.17) is 10.5 Å². The van der Waals surface area contributed by atoms with Crippen LogP contribution in [0, 0.1) is 5.82 Å². The van der Waals surface area contributed by atoms with Crippen LogP contribution in [0.1, 0.15) is 52.1 Å². The van der Waals surface area contributed by atoms with Crippen LogP contribution in [0.25, 0.3) is 0 Å². The lowest BCUT2D eigenvalue weighted by Gasteiger charge is -2.21. The van der Waals surface area contributed by atoms with E-state index >= 15 is 0 Å². The predicted octanol–water partition coefficient (Wildman–Crippen LogP) is 2.92. The minimum absolute atomic E-state index is 0.129. The smallest absolute Gasteiger partial charge is 0.260 e. The summed E-state index contributed by atoms with van der Waals surface area (Å²) in [7, 11) is 0. The van der Waals surface area contributed by atoms with Gasteiger partial charge in [0.2, 0.25) is 0 Å². The van der Waals surface area contributed by atoms with Crippen molar-refractivity contribution < 1.29 is 13.9 Å². The summed E-state index contributed by atoms with van der Waals surface area (Å²) in [5.74, 6) is -0.303. The number of rotatable bonds is 7. The molecule has 0 saturated heterocycles. The number of nitrogens with one attached hydrogen (secondary N) is 1. The second-order valence-electron chi connectivity index (χ2n) is 5.25. The normalized spacial score (nSPS) is 13.9. The molecule has 5 heteroatoms. The number of amides is 1. The highest BCUT2D eigenvalue weighted by atomic mass is 19.1. The lowest BCUT2D eigenvalue weighted by atomic mass is 10.1. The van der Waals surface area contributed by atoms with Gasteiger partial charge in [0, 0.05) is 23.7 Å². The Morgan fingerprint density at radius 3 is 2.48 bits per heavy atom. The zero-order valence-corrected chi connectivity index (χ0v) is 13.2. The van der Waals surface area contributed by atoms with Crippen LogP contribution in [0.5, 0.6) is 5.75 Å². The van der Waals surface area contributed by atoms with Crippen molar-refractivity contribution in [2.24, 2.45) is 5.73 Å². The van der Waals surface area contributed by atoms with Crippen molar-refractivity contribution in [3.63, 3.8) is 0 Å². The first-order chi connectivity index (χ1) is 9.88. The van der Waals surface area contributed by atoms with Crippen LogP contribution in [-0.2, 0) is 4.79 Å². The third-order valence-electron chi connectivity index (χ3n) is 3.47. The largest absolute Gasteiger partial charge is 0.480 e. The van der Waals surface area contributed by atoms with Crippen LogP contribution >= 0.6 is 0 Å². The van der Waals surface area contributed by atoms with E-state index in [1.54, 1.807) is 19.9 Å². The molecule has 0 radical (unpaired) electrons. The number of benzene rings is 1. The van der Waals surface area contributed by atoms with Crippen molar-refractivity contribution in [3.05, 3.63) is 29.6 Å². The fraction of sp³-hybridized carbons (Fsp3) is 0.562. The van der Waals surface area contributed by atoms with Gasteiger partial charge in [-0.2, -0.15) is 0 Å². The van der Waals surface area contributed by atoms with Gasteiger partial charge >= 0.3 is 0 Å². The Labute approximate surface area is 125 Å². The highest BCUT2D eigenvalue weighted by Crippen LogP contribution is 2.25. The van der Waals surface area contributed by atoms with Crippen LogP contribution in [0.4, 0.5) is 4.39 Å². The summed E-state index contributed by atoms with van der Waals surface area (Å²) in [6.07, 6.45) is 1.02. The van der Waals surface area contributed by atoms with Gasteiger partial charge in [-0.3, -0.25) is 4.79 Å². The quantitative estimate of drug-likeness (QED) is 0.813. The van der Waals surface area contributed by atoms with Gasteiger partial charge in [-0.25, -0.2) is 4.39 Å². The summed E-state index contributed by atoms with van der Waals surface area (Å²) in [5.41, 5.74) is 6.52. The molecule has 2 atom stereocenters. The molecule has 1 unspecified atom stereocenters. The molecule has 3 N–H and O–H groups in total. The van der Waals surface area contributed by atoms with E-state index in [-0.39, 0.29) is 18.0 Å². The van der Waals surface area contributed by atoms with E-state index in [9.17, 15) is 9.18 Å². The van der Waals surface area contributed by atoms with Gasteiger partial charge in [0.1, 0.15) is 11.6 Å². The van der Waals surface area contributed by atoms with Crippen LogP contribution in [0.15, 0.2) is 18.2 Å². The molecule has 0 aliphatic heterocycles. The summed E-state index contributed by atoms with van der Waals surface area (Å²) in [6, 6.07) is 4.01. The zero-order chi connectivity index (χ0) is 16.0. The average molecular weight is 296 g/mol. The number of hydrogen-bond donors (Lipinski definition) is 2. The minimum atomic E-state index is -0.704. The van der Waals surface area contributed by atoms with Crippen molar-refractivity contribution in [1.29, 1.82) is 0 Å². The highest BCUT2D eigenvalue weighted by Gasteiger charge is 2.19.